The lowest BCUT2D eigenvalue weighted by Crippen LogP contribution is -2.44. The van der Waals surface area contributed by atoms with Crippen molar-refractivity contribution >= 4 is 11.9 Å². The summed E-state index contributed by atoms with van der Waals surface area (Å²) in [5.41, 5.74) is 0.477. The Hall–Kier alpha value is -1.85. The van der Waals surface area contributed by atoms with Crippen LogP contribution < -0.4 is 5.32 Å². The molecule has 16 heavy (non-hydrogen) atoms. The molecule has 1 aromatic rings. The third-order valence-electron chi connectivity index (χ3n) is 2.07. The van der Waals surface area contributed by atoms with Crippen molar-refractivity contribution in [2.24, 2.45) is 5.92 Å². The van der Waals surface area contributed by atoms with Crippen LogP contribution in [0.15, 0.2) is 17.1 Å². The molecule has 0 spiro atoms. The molecule has 0 unspecified atom stereocenters. The van der Waals surface area contributed by atoms with Crippen molar-refractivity contribution < 1.29 is 19.1 Å². The Bertz CT molecular complexity index is 359. The van der Waals surface area contributed by atoms with Crippen LogP contribution in [-0.4, -0.2) is 28.0 Å². The van der Waals surface area contributed by atoms with E-state index in [4.69, 9.17) is 9.52 Å². The molecule has 6 heteroatoms. The first kappa shape index (κ1) is 12.2. The van der Waals surface area contributed by atoms with Gasteiger partial charge in [0.15, 0.2) is 6.39 Å². The van der Waals surface area contributed by atoms with Crippen LogP contribution >= 0.6 is 0 Å². The van der Waals surface area contributed by atoms with Crippen LogP contribution in [0, 0.1) is 5.92 Å². The number of carbonyl (C=O) groups is 2. The van der Waals surface area contributed by atoms with E-state index in [0.29, 0.717) is 5.69 Å². The Kier molecular flexibility index (Phi) is 4.04. The molecule has 0 aliphatic heterocycles. The van der Waals surface area contributed by atoms with Crippen LogP contribution in [0.1, 0.15) is 19.5 Å². The highest BCUT2D eigenvalue weighted by molar-refractivity contribution is 5.84. The lowest BCUT2D eigenvalue weighted by atomic mass is 10.0. The van der Waals surface area contributed by atoms with Gasteiger partial charge in [-0.25, -0.2) is 9.78 Å². The first-order chi connectivity index (χ1) is 7.50. The summed E-state index contributed by atoms with van der Waals surface area (Å²) in [6.07, 6.45) is 2.59. The van der Waals surface area contributed by atoms with Gasteiger partial charge >= 0.3 is 5.97 Å². The second-order valence-corrected chi connectivity index (χ2v) is 3.78. The highest BCUT2D eigenvalue weighted by Crippen LogP contribution is 2.03. The highest BCUT2D eigenvalue weighted by atomic mass is 16.4. The highest BCUT2D eigenvalue weighted by Gasteiger charge is 2.23. The molecule has 1 rings (SSSR count). The fourth-order valence-corrected chi connectivity index (χ4v) is 1.23. The van der Waals surface area contributed by atoms with Gasteiger partial charge < -0.3 is 14.8 Å². The number of carboxylic acids is 1. The first-order valence-corrected chi connectivity index (χ1v) is 4.90. The molecule has 0 saturated heterocycles. The lowest BCUT2D eigenvalue weighted by molar-refractivity contribution is -0.143. The van der Waals surface area contributed by atoms with Crippen LogP contribution in [0.5, 0.6) is 0 Å². The molecule has 1 heterocycles. The molecule has 88 valence electrons. The second kappa shape index (κ2) is 5.29. The van der Waals surface area contributed by atoms with Gasteiger partial charge in [-0.1, -0.05) is 13.8 Å². The van der Waals surface area contributed by atoms with Gasteiger partial charge in [0.25, 0.3) is 0 Å². The minimum Gasteiger partial charge on any atom is -0.480 e. The van der Waals surface area contributed by atoms with Crippen molar-refractivity contribution in [3.05, 3.63) is 18.4 Å². The molecule has 0 radical (unpaired) electrons. The molecule has 0 aliphatic carbocycles. The quantitative estimate of drug-likeness (QED) is 0.760. The Morgan fingerprint density at radius 1 is 1.56 bits per heavy atom. The average Bonchev–Trinajstić information content (AvgIpc) is 2.65. The summed E-state index contributed by atoms with van der Waals surface area (Å²) in [6.45, 7) is 3.46. The standard InChI is InChI=1S/C10H14N2O4/c1-6(2)9(10(14)15)12-8(13)3-7-4-16-5-11-7/h4-6,9H,3H2,1-2H3,(H,12,13)(H,14,15)/t9-/m0/s1. The van der Waals surface area contributed by atoms with Crippen LogP contribution in [0.2, 0.25) is 0 Å². The van der Waals surface area contributed by atoms with Crippen LogP contribution in [0.4, 0.5) is 0 Å². The minimum absolute atomic E-state index is 0.0208. The number of oxazole rings is 1. The van der Waals surface area contributed by atoms with Gasteiger partial charge in [0.2, 0.25) is 5.91 Å². The largest absolute Gasteiger partial charge is 0.480 e. The van der Waals surface area contributed by atoms with Crippen molar-refractivity contribution in [2.45, 2.75) is 26.3 Å². The molecule has 2 N–H and O–H groups in total. The Morgan fingerprint density at radius 2 is 2.25 bits per heavy atom. The van der Waals surface area contributed by atoms with Gasteiger partial charge in [0, 0.05) is 0 Å². The SMILES string of the molecule is CC(C)[C@H](NC(=O)Cc1cocn1)C(=O)O. The molecular weight excluding hydrogens is 212 g/mol. The van der Waals surface area contributed by atoms with Crippen molar-refractivity contribution in [1.29, 1.82) is 0 Å². The fraction of sp³-hybridized carbons (Fsp3) is 0.500. The van der Waals surface area contributed by atoms with Gasteiger partial charge in [-0.15, -0.1) is 0 Å². The normalized spacial score (nSPS) is 12.4. The van der Waals surface area contributed by atoms with Crippen LogP contribution in [-0.2, 0) is 16.0 Å². The number of carbonyl (C=O) groups excluding carboxylic acids is 1. The van der Waals surface area contributed by atoms with Crippen molar-refractivity contribution in [2.75, 3.05) is 0 Å². The topological polar surface area (TPSA) is 92.4 Å². The zero-order valence-corrected chi connectivity index (χ0v) is 9.14. The number of rotatable bonds is 5. The number of hydrogen-bond donors (Lipinski definition) is 2. The fourth-order valence-electron chi connectivity index (χ4n) is 1.23. The molecule has 0 saturated carbocycles. The van der Waals surface area contributed by atoms with E-state index in [1.807, 2.05) is 0 Å². The van der Waals surface area contributed by atoms with E-state index in [0.717, 1.165) is 0 Å². The monoisotopic (exact) mass is 226 g/mol. The van der Waals surface area contributed by atoms with Crippen LogP contribution in [0.25, 0.3) is 0 Å². The second-order valence-electron chi connectivity index (χ2n) is 3.78. The lowest BCUT2D eigenvalue weighted by Gasteiger charge is -2.17. The van der Waals surface area contributed by atoms with E-state index in [-0.39, 0.29) is 18.2 Å². The van der Waals surface area contributed by atoms with Crippen LogP contribution in [0.3, 0.4) is 0 Å². The predicted octanol–water partition coefficient (Wildman–Crippen LogP) is 0.442. The number of hydrogen-bond acceptors (Lipinski definition) is 4. The van der Waals surface area contributed by atoms with E-state index in [2.05, 4.69) is 10.3 Å². The van der Waals surface area contributed by atoms with E-state index in [1.165, 1.54) is 12.7 Å². The van der Waals surface area contributed by atoms with Gasteiger partial charge in [0.05, 0.1) is 12.1 Å². The number of nitrogens with zero attached hydrogens (tertiary/aromatic N) is 1. The summed E-state index contributed by atoms with van der Waals surface area (Å²) < 4.78 is 4.71. The Balaban J connectivity index is 2.52. The summed E-state index contributed by atoms with van der Waals surface area (Å²) in [4.78, 5) is 26.1. The van der Waals surface area contributed by atoms with Gasteiger partial charge in [0.1, 0.15) is 12.3 Å². The predicted molar refractivity (Wildman–Crippen MR) is 54.6 cm³/mol. The zero-order chi connectivity index (χ0) is 12.1. The third-order valence-corrected chi connectivity index (χ3v) is 2.07. The van der Waals surface area contributed by atoms with E-state index in [1.54, 1.807) is 13.8 Å². The molecule has 1 aromatic heterocycles. The minimum atomic E-state index is -1.04. The van der Waals surface area contributed by atoms with Gasteiger partial charge in [-0.05, 0) is 5.92 Å². The maximum absolute atomic E-state index is 11.5. The summed E-state index contributed by atoms with van der Waals surface area (Å²) >= 11 is 0. The van der Waals surface area contributed by atoms with Crippen molar-refractivity contribution in [1.82, 2.24) is 10.3 Å². The maximum Gasteiger partial charge on any atom is 0.326 e. The summed E-state index contributed by atoms with van der Waals surface area (Å²) in [5, 5.41) is 11.3. The first-order valence-electron chi connectivity index (χ1n) is 4.90. The van der Waals surface area contributed by atoms with Crippen molar-refractivity contribution in [3.8, 4) is 0 Å². The van der Waals surface area contributed by atoms with Crippen molar-refractivity contribution in [3.63, 3.8) is 0 Å². The third kappa shape index (κ3) is 3.38. The molecule has 0 aliphatic rings. The molecule has 6 nitrogen and oxygen atoms in total. The summed E-state index contributed by atoms with van der Waals surface area (Å²) in [7, 11) is 0. The van der Waals surface area contributed by atoms with Gasteiger partial charge in [-0.3, -0.25) is 4.79 Å². The number of nitrogens with one attached hydrogen (secondary N) is 1. The maximum atomic E-state index is 11.5. The Morgan fingerprint density at radius 3 is 2.69 bits per heavy atom. The van der Waals surface area contributed by atoms with E-state index in [9.17, 15) is 9.59 Å². The molecule has 0 bridgehead atoms. The molecule has 0 fully saturated rings. The number of aliphatic carboxylic acids is 1. The molecule has 1 amide bonds. The smallest absolute Gasteiger partial charge is 0.326 e. The molecule has 1 atom stereocenters. The number of carboxylic acid groups (broad SMARTS) is 1. The summed E-state index contributed by atoms with van der Waals surface area (Å²) in [5.74, 6) is -1.59. The Labute approximate surface area is 92.7 Å². The van der Waals surface area contributed by atoms with E-state index < -0.39 is 12.0 Å². The van der Waals surface area contributed by atoms with Gasteiger partial charge in [-0.2, -0.15) is 0 Å². The number of amides is 1. The zero-order valence-electron chi connectivity index (χ0n) is 9.14. The van der Waals surface area contributed by atoms with E-state index >= 15 is 0 Å². The summed E-state index contributed by atoms with van der Waals surface area (Å²) in [6, 6.07) is -0.876. The number of aromatic nitrogens is 1. The molecular formula is C10H14N2O4. The molecule has 0 aromatic carbocycles. The average molecular weight is 226 g/mol.